The van der Waals surface area contributed by atoms with Crippen molar-refractivity contribution in [2.75, 3.05) is 30.9 Å². The second kappa shape index (κ2) is 9.74. The molecule has 0 unspecified atom stereocenters. The molecule has 1 amide bonds. The Bertz CT molecular complexity index is 664. The highest BCUT2D eigenvalue weighted by Crippen LogP contribution is 2.23. The lowest BCUT2D eigenvalue weighted by molar-refractivity contribution is 0.102. The molecule has 0 atom stereocenters. The number of aromatic nitrogens is 2. The zero-order valence-corrected chi connectivity index (χ0v) is 15.1. The number of aryl methyl sites for hydroxylation is 2. The number of para-hydroxylation sites is 1. The summed E-state index contributed by atoms with van der Waals surface area (Å²) in [6, 6.07) is 6.11. The van der Waals surface area contributed by atoms with Crippen LogP contribution in [0.15, 0.2) is 30.6 Å². The van der Waals surface area contributed by atoms with Gasteiger partial charge in [0, 0.05) is 38.3 Å². The van der Waals surface area contributed by atoms with Crippen LogP contribution in [0.5, 0.6) is 0 Å². The first-order chi connectivity index (χ1) is 12.2. The quantitative estimate of drug-likeness (QED) is 0.684. The van der Waals surface area contributed by atoms with Gasteiger partial charge in [-0.15, -0.1) is 0 Å². The molecule has 25 heavy (non-hydrogen) atoms. The maximum absolute atomic E-state index is 12.5. The molecule has 1 heterocycles. The molecule has 6 heteroatoms. The van der Waals surface area contributed by atoms with Gasteiger partial charge in [0.2, 0.25) is 5.95 Å². The van der Waals surface area contributed by atoms with E-state index in [0.717, 1.165) is 42.6 Å². The SMILES string of the molecule is CCc1cccc(CC)c1NC(=O)c1cnc(NCCCOC)nc1. The van der Waals surface area contributed by atoms with Crippen LogP contribution in [0, 0.1) is 0 Å². The van der Waals surface area contributed by atoms with E-state index < -0.39 is 0 Å². The van der Waals surface area contributed by atoms with Crippen molar-refractivity contribution in [3.63, 3.8) is 0 Å². The largest absolute Gasteiger partial charge is 0.385 e. The zero-order valence-electron chi connectivity index (χ0n) is 15.1. The molecular weight excluding hydrogens is 316 g/mol. The Morgan fingerprint density at radius 1 is 1.12 bits per heavy atom. The average Bonchev–Trinajstić information content (AvgIpc) is 2.65. The number of hydrogen-bond acceptors (Lipinski definition) is 5. The Kier molecular flexibility index (Phi) is 7.35. The van der Waals surface area contributed by atoms with Gasteiger partial charge >= 0.3 is 0 Å². The van der Waals surface area contributed by atoms with E-state index in [1.807, 2.05) is 18.2 Å². The lowest BCUT2D eigenvalue weighted by atomic mass is 10.0. The van der Waals surface area contributed by atoms with Gasteiger partial charge in [0.05, 0.1) is 5.56 Å². The predicted octanol–water partition coefficient (Wildman–Crippen LogP) is 3.30. The molecule has 2 N–H and O–H groups in total. The first-order valence-corrected chi connectivity index (χ1v) is 8.66. The number of methoxy groups -OCH3 is 1. The highest BCUT2D eigenvalue weighted by molar-refractivity contribution is 6.04. The van der Waals surface area contributed by atoms with E-state index in [9.17, 15) is 4.79 Å². The van der Waals surface area contributed by atoms with Gasteiger partial charge in [-0.1, -0.05) is 32.0 Å². The predicted molar refractivity (Wildman–Crippen MR) is 100 cm³/mol. The van der Waals surface area contributed by atoms with Crippen LogP contribution < -0.4 is 10.6 Å². The topological polar surface area (TPSA) is 76.1 Å². The Morgan fingerprint density at radius 2 is 1.76 bits per heavy atom. The number of rotatable bonds is 9. The van der Waals surface area contributed by atoms with E-state index in [2.05, 4.69) is 34.4 Å². The first-order valence-electron chi connectivity index (χ1n) is 8.66. The van der Waals surface area contributed by atoms with Crippen molar-refractivity contribution in [3.8, 4) is 0 Å². The molecule has 0 aliphatic carbocycles. The lowest BCUT2D eigenvalue weighted by Crippen LogP contribution is -2.16. The molecule has 6 nitrogen and oxygen atoms in total. The number of carbonyl (C=O) groups is 1. The van der Waals surface area contributed by atoms with Crippen LogP contribution >= 0.6 is 0 Å². The number of benzene rings is 1. The summed E-state index contributed by atoms with van der Waals surface area (Å²) in [4.78, 5) is 20.9. The minimum atomic E-state index is -0.193. The van der Waals surface area contributed by atoms with Crippen molar-refractivity contribution in [3.05, 3.63) is 47.3 Å². The molecule has 134 valence electrons. The van der Waals surface area contributed by atoms with Crippen molar-refractivity contribution < 1.29 is 9.53 Å². The number of carbonyl (C=O) groups excluding carboxylic acids is 1. The van der Waals surface area contributed by atoms with E-state index in [0.29, 0.717) is 18.1 Å². The molecule has 0 fully saturated rings. The van der Waals surface area contributed by atoms with Crippen LogP contribution in [0.4, 0.5) is 11.6 Å². The Morgan fingerprint density at radius 3 is 2.32 bits per heavy atom. The monoisotopic (exact) mass is 342 g/mol. The summed E-state index contributed by atoms with van der Waals surface area (Å²) in [5, 5.41) is 6.12. The number of hydrogen-bond donors (Lipinski definition) is 2. The summed E-state index contributed by atoms with van der Waals surface area (Å²) in [7, 11) is 1.67. The van der Waals surface area contributed by atoms with Crippen LogP contribution in [0.25, 0.3) is 0 Å². The summed E-state index contributed by atoms with van der Waals surface area (Å²) >= 11 is 0. The van der Waals surface area contributed by atoms with Gasteiger partial charge in [0.1, 0.15) is 0 Å². The third-order valence-corrected chi connectivity index (χ3v) is 3.96. The van der Waals surface area contributed by atoms with Gasteiger partial charge in [-0.2, -0.15) is 0 Å². The third kappa shape index (κ3) is 5.26. The van der Waals surface area contributed by atoms with E-state index in [1.165, 1.54) is 0 Å². The molecule has 1 aromatic carbocycles. The van der Waals surface area contributed by atoms with E-state index >= 15 is 0 Å². The number of anilines is 2. The summed E-state index contributed by atoms with van der Waals surface area (Å²) in [6.45, 7) is 5.57. The normalized spacial score (nSPS) is 10.5. The standard InChI is InChI=1S/C19H26N4O2/c1-4-14-8-6-9-15(5-2)17(14)23-18(24)16-12-21-19(22-13-16)20-10-7-11-25-3/h6,8-9,12-13H,4-5,7,10-11H2,1-3H3,(H,23,24)(H,20,21,22). The van der Waals surface area contributed by atoms with Gasteiger partial charge < -0.3 is 15.4 Å². The third-order valence-electron chi connectivity index (χ3n) is 3.96. The smallest absolute Gasteiger partial charge is 0.258 e. The van der Waals surface area contributed by atoms with Crippen molar-refractivity contribution in [1.82, 2.24) is 9.97 Å². The zero-order chi connectivity index (χ0) is 18.1. The molecule has 0 aliphatic rings. The number of amides is 1. The summed E-state index contributed by atoms with van der Waals surface area (Å²) in [5.41, 5.74) is 3.60. The van der Waals surface area contributed by atoms with Gasteiger partial charge in [-0.25, -0.2) is 9.97 Å². The molecule has 2 aromatic rings. The molecule has 0 bridgehead atoms. The molecule has 0 aliphatic heterocycles. The molecule has 0 radical (unpaired) electrons. The van der Waals surface area contributed by atoms with Gasteiger partial charge in [-0.3, -0.25) is 4.79 Å². The molecular formula is C19H26N4O2. The minimum Gasteiger partial charge on any atom is -0.385 e. The second-order valence-corrected chi connectivity index (χ2v) is 5.68. The molecule has 1 aromatic heterocycles. The molecule has 0 saturated carbocycles. The van der Waals surface area contributed by atoms with Crippen molar-refractivity contribution in [2.45, 2.75) is 33.1 Å². The summed E-state index contributed by atoms with van der Waals surface area (Å²) in [5.74, 6) is 0.317. The van der Waals surface area contributed by atoms with Crippen LogP contribution in [-0.2, 0) is 17.6 Å². The summed E-state index contributed by atoms with van der Waals surface area (Å²) in [6.07, 6.45) is 5.69. The van der Waals surface area contributed by atoms with Crippen LogP contribution in [-0.4, -0.2) is 36.1 Å². The van der Waals surface area contributed by atoms with Crippen LogP contribution in [0.1, 0.15) is 41.8 Å². The Labute approximate surface area is 149 Å². The fourth-order valence-corrected chi connectivity index (χ4v) is 2.54. The van der Waals surface area contributed by atoms with Crippen LogP contribution in [0.3, 0.4) is 0 Å². The number of nitrogens with zero attached hydrogens (tertiary/aromatic N) is 2. The van der Waals surface area contributed by atoms with E-state index in [-0.39, 0.29) is 5.91 Å². The molecule has 2 rings (SSSR count). The van der Waals surface area contributed by atoms with Gasteiger partial charge in [0.25, 0.3) is 5.91 Å². The number of nitrogens with one attached hydrogen (secondary N) is 2. The Hall–Kier alpha value is -2.47. The molecule has 0 spiro atoms. The fourth-order valence-electron chi connectivity index (χ4n) is 2.54. The van der Waals surface area contributed by atoms with E-state index in [1.54, 1.807) is 19.5 Å². The average molecular weight is 342 g/mol. The van der Waals surface area contributed by atoms with Crippen molar-refractivity contribution in [2.24, 2.45) is 0 Å². The lowest BCUT2D eigenvalue weighted by Gasteiger charge is -2.14. The fraction of sp³-hybridized carbons (Fsp3) is 0.421. The maximum Gasteiger partial charge on any atom is 0.258 e. The molecule has 0 saturated heterocycles. The highest BCUT2D eigenvalue weighted by Gasteiger charge is 2.12. The highest BCUT2D eigenvalue weighted by atomic mass is 16.5. The van der Waals surface area contributed by atoms with Crippen LogP contribution in [0.2, 0.25) is 0 Å². The first kappa shape index (κ1) is 18.9. The minimum absolute atomic E-state index is 0.193. The summed E-state index contributed by atoms with van der Waals surface area (Å²) < 4.78 is 4.99. The van der Waals surface area contributed by atoms with Gasteiger partial charge in [-0.05, 0) is 30.4 Å². The Balaban J connectivity index is 2.04. The second-order valence-electron chi connectivity index (χ2n) is 5.68. The maximum atomic E-state index is 12.5. The van der Waals surface area contributed by atoms with E-state index in [4.69, 9.17) is 4.74 Å². The van der Waals surface area contributed by atoms with Crippen molar-refractivity contribution >= 4 is 17.5 Å². The number of ether oxygens (including phenoxy) is 1. The van der Waals surface area contributed by atoms with Gasteiger partial charge in [0.15, 0.2) is 0 Å². The van der Waals surface area contributed by atoms with Crippen molar-refractivity contribution in [1.29, 1.82) is 0 Å².